The van der Waals surface area contributed by atoms with Gasteiger partial charge in [0, 0.05) is 30.6 Å². The summed E-state index contributed by atoms with van der Waals surface area (Å²) in [5.41, 5.74) is 0. The summed E-state index contributed by atoms with van der Waals surface area (Å²) in [6.45, 7) is 0.587. The Morgan fingerprint density at radius 2 is 2.14 bits per heavy atom. The second kappa shape index (κ2) is 7.62. The van der Waals surface area contributed by atoms with Crippen LogP contribution in [0.25, 0.3) is 0 Å². The van der Waals surface area contributed by atoms with E-state index in [0.717, 1.165) is 25.7 Å². The first-order valence-corrected chi connectivity index (χ1v) is 10.0. The summed E-state index contributed by atoms with van der Waals surface area (Å²) in [4.78, 5) is 0.201. The Kier molecular flexibility index (Phi) is 6.09. The molecular formula is C13H23N3O3S2. The van der Waals surface area contributed by atoms with Crippen molar-refractivity contribution in [2.24, 2.45) is 0 Å². The summed E-state index contributed by atoms with van der Waals surface area (Å²) < 4.78 is 29.0. The number of hydrogen-bond acceptors (Lipinski definition) is 5. The highest BCUT2D eigenvalue weighted by molar-refractivity contribution is 7.99. The molecule has 21 heavy (non-hydrogen) atoms. The molecule has 0 amide bonds. The SMILES string of the molecule is CSC1CCC(NS(=O)(=O)c2cnn(CCCO)c2)CC1. The molecule has 1 fully saturated rings. The Balaban J connectivity index is 1.94. The fourth-order valence-corrected chi connectivity index (χ4v) is 4.54. The summed E-state index contributed by atoms with van der Waals surface area (Å²) in [5, 5.41) is 13.5. The molecule has 1 aromatic heterocycles. The van der Waals surface area contributed by atoms with Crippen molar-refractivity contribution in [1.29, 1.82) is 0 Å². The molecule has 0 bridgehead atoms. The van der Waals surface area contributed by atoms with Crippen LogP contribution < -0.4 is 4.72 Å². The van der Waals surface area contributed by atoms with Gasteiger partial charge in [-0.15, -0.1) is 0 Å². The van der Waals surface area contributed by atoms with E-state index in [9.17, 15) is 8.42 Å². The summed E-state index contributed by atoms with van der Waals surface area (Å²) in [6, 6.07) is 0.0270. The van der Waals surface area contributed by atoms with Gasteiger partial charge in [0.25, 0.3) is 0 Å². The van der Waals surface area contributed by atoms with Gasteiger partial charge in [-0.1, -0.05) is 0 Å². The van der Waals surface area contributed by atoms with Crippen LogP contribution in [0.1, 0.15) is 32.1 Å². The fourth-order valence-electron chi connectivity index (χ4n) is 2.54. The molecule has 0 aliphatic heterocycles. The number of aliphatic hydroxyl groups is 1. The third kappa shape index (κ3) is 4.70. The fraction of sp³-hybridized carbons (Fsp3) is 0.769. The van der Waals surface area contributed by atoms with Crippen LogP contribution in [-0.2, 0) is 16.6 Å². The second-order valence-electron chi connectivity index (χ2n) is 5.35. The molecule has 8 heteroatoms. The molecule has 0 spiro atoms. The van der Waals surface area contributed by atoms with Crippen molar-refractivity contribution in [2.75, 3.05) is 12.9 Å². The molecule has 0 atom stereocenters. The zero-order chi connectivity index (χ0) is 15.3. The number of thioether (sulfide) groups is 1. The minimum absolute atomic E-state index is 0.0270. The highest BCUT2D eigenvalue weighted by Gasteiger charge is 2.26. The number of hydrogen-bond donors (Lipinski definition) is 2. The average molecular weight is 333 g/mol. The highest BCUT2D eigenvalue weighted by Crippen LogP contribution is 2.27. The van der Waals surface area contributed by atoms with E-state index in [-0.39, 0.29) is 17.5 Å². The standard InChI is InChI=1S/C13H23N3O3S2/c1-20-12-5-3-11(4-6-12)15-21(18,19)13-9-14-16(10-13)7-2-8-17/h9-12,15,17H,2-8H2,1H3. The molecule has 2 rings (SSSR count). The number of nitrogens with zero attached hydrogens (tertiary/aromatic N) is 2. The summed E-state index contributed by atoms with van der Waals surface area (Å²) >= 11 is 1.86. The first kappa shape index (κ1) is 16.8. The van der Waals surface area contributed by atoms with Crippen LogP contribution in [-0.4, -0.2) is 47.5 Å². The molecule has 1 saturated carbocycles. The lowest BCUT2D eigenvalue weighted by molar-refractivity contribution is 0.277. The lowest BCUT2D eigenvalue weighted by atomic mass is 9.96. The topological polar surface area (TPSA) is 84.2 Å². The van der Waals surface area contributed by atoms with E-state index in [1.807, 2.05) is 11.8 Å². The van der Waals surface area contributed by atoms with Gasteiger partial charge >= 0.3 is 0 Å². The Hall–Kier alpha value is -0.570. The number of nitrogens with one attached hydrogen (secondary N) is 1. The van der Waals surface area contributed by atoms with E-state index in [2.05, 4.69) is 16.1 Å². The van der Waals surface area contributed by atoms with E-state index in [1.54, 1.807) is 4.68 Å². The average Bonchev–Trinajstić information content (AvgIpc) is 2.95. The van der Waals surface area contributed by atoms with Crippen molar-refractivity contribution >= 4 is 21.8 Å². The van der Waals surface area contributed by atoms with Crippen molar-refractivity contribution < 1.29 is 13.5 Å². The van der Waals surface area contributed by atoms with Crippen molar-refractivity contribution in [3.8, 4) is 0 Å². The lowest BCUT2D eigenvalue weighted by Gasteiger charge is -2.27. The number of aryl methyl sites for hydroxylation is 1. The van der Waals surface area contributed by atoms with E-state index in [4.69, 9.17) is 5.11 Å². The van der Waals surface area contributed by atoms with Gasteiger partial charge in [-0.05, 0) is 38.4 Å². The number of aliphatic hydroxyl groups excluding tert-OH is 1. The van der Waals surface area contributed by atoms with Gasteiger partial charge in [0.05, 0.1) is 6.20 Å². The minimum atomic E-state index is -3.49. The zero-order valence-corrected chi connectivity index (χ0v) is 13.9. The van der Waals surface area contributed by atoms with Gasteiger partial charge < -0.3 is 5.11 Å². The molecule has 0 saturated heterocycles. The van der Waals surface area contributed by atoms with Gasteiger partial charge in [0.1, 0.15) is 4.90 Å². The highest BCUT2D eigenvalue weighted by atomic mass is 32.2. The second-order valence-corrected chi connectivity index (χ2v) is 8.20. The van der Waals surface area contributed by atoms with E-state index in [0.29, 0.717) is 18.2 Å². The van der Waals surface area contributed by atoms with Crippen LogP contribution in [0.3, 0.4) is 0 Å². The van der Waals surface area contributed by atoms with Crippen molar-refractivity contribution in [2.45, 2.75) is 54.8 Å². The minimum Gasteiger partial charge on any atom is -0.396 e. The number of rotatable bonds is 7. The van der Waals surface area contributed by atoms with Crippen LogP contribution in [0.15, 0.2) is 17.3 Å². The van der Waals surface area contributed by atoms with Crippen molar-refractivity contribution in [3.63, 3.8) is 0 Å². The maximum atomic E-state index is 12.3. The molecule has 1 aliphatic rings. The Labute approximate surface area is 130 Å². The molecule has 0 aromatic carbocycles. The van der Waals surface area contributed by atoms with Crippen molar-refractivity contribution in [3.05, 3.63) is 12.4 Å². The van der Waals surface area contributed by atoms with E-state index >= 15 is 0 Å². The Morgan fingerprint density at radius 1 is 1.43 bits per heavy atom. The molecule has 0 unspecified atom stereocenters. The maximum absolute atomic E-state index is 12.3. The lowest BCUT2D eigenvalue weighted by Crippen LogP contribution is -2.37. The normalized spacial score (nSPS) is 23.3. The molecule has 1 heterocycles. The molecule has 1 aromatic rings. The van der Waals surface area contributed by atoms with Crippen LogP contribution in [0.4, 0.5) is 0 Å². The first-order valence-electron chi connectivity index (χ1n) is 7.23. The predicted molar refractivity (Wildman–Crippen MR) is 83.8 cm³/mol. The molecule has 2 N–H and O–H groups in total. The van der Waals surface area contributed by atoms with E-state index in [1.165, 1.54) is 12.4 Å². The number of sulfonamides is 1. The third-order valence-electron chi connectivity index (χ3n) is 3.79. The van der Waals surface area contributed by atoms with Crippen LogP contribution in [0.2, 0.25) is 0 Å². The summed E-state index contributed by atoms with van der Waals surface area (Å²) in [6.07, 6.45) is 9.46. The monoisotopic (exact) mass is 333 g/mol. The largest absolute Gasteiger partial charge is 0.396 e. The summed E-state index contributed by atoms with van der Waals surface area (Å²) in [5.74, 6) is 0. The molecule has 6 nitrogen and oxygen atoms in total. The first-order chi connectivity index (χ1) is 10.0. The predicted octanol–water partition coefficient (Wildman–Crippen LogP) is 1.22. The zero-order valence-electron chi connectivity index (χ0n) is 12.2. The van der Waals surface area contributed by atoms with E-state index < -0.39 is 10.0 Å². The third-order valence-corrected chi connectivity index (χ3v) is 6.41. The molecule has 120 valence electrons. The Bertz CT molecular complexity index is 537. The van der Waals surface area contributed by atoms with Gasteiger partial charge in [-0.25, -0.2) is 13.1 Å². The van der Waals surface area contributed by atoms with Gasteiger partial charge in [-0.3, -0.25) is 4.68 Å². The maximum Gasteiger partial charge on any atom is 0.243 e. The smallest absolute Gasteiger partial charge is 0.243 e. The summed E-state index contributed by atoms with van der Waals surface area (Å²) in [7, 11) is -3.49. The van der Waals surface area contributed by atoms with Crippen molar-refractivity contribution in [1.82, 2.24) is 14.5 Å². The quantitative estimate of drug-likeness (QED) is 0.784. The molecule has 0 radical (unpaired) electrons. The van der Waals surface area contributed by atoms with Crippen LogP contribution in [0.5, 0.6) is 0 Å². The number of aromatic nitrogens is 2. The molecular weight excluding hydrogens is 310 g/mol. The van der Waals surface area contributed by atoms with Gasteiger partial charge in [0.15, 0.2) is 0 Å². The van der Waals surface area contributed by atoms with Gasteiger partial charge in [0.2, 0.25) is 10.0 Å². The van der Waals surface area contributed by atoms with Crippen LogP contribution >= 0.6 is 11.8 Å². The van der Waals surface area contributed by atoms with Gasteiger partial charge in [-0.2, -0.15) is 16.9 Å². The Morgan fingerprint density at radius 3 is 2.76 bits per heavy atom. The van der Waals surface area contributed by atoms with Crippen LogP contribution in [0, 0.1) is 0 Å². The molecule has 1 aliphatic carbocycles.